The highest BCUT2D eigenvalue weighted by atomic mass is 16.5. The van der Waals surface area contributed by atoms with Crippen LogP contribution in [0.5, 0.6) is 11.5 Å². The Hall–Kier alpha value is -1.30. The number of aliphatic hydroxyl groups is 1. The van der Waals surface area contributed by atoms with Crippen LogP contribution in [0.4, 0.5) is 0 Å². The SMILES string of the molecule is COc1cc(C(C)N(CCO)CC2CCCN2)ccc1O. The van der Waals surface area contributed by atoms with Gasteiger partial charge in [0, 0.05) is 25.2 Å². The molecule has 0 aromatic heterocycles. The van der Waals surface area contributed by atoms with Gasteiger partial charge in [-0.2, -0.15) is 0 Å². The summed E-state index contributed by atoms with van der Waals surface area (Å²) >= 11 is 0. The van der Waals surface area contributed by atoms with Gasteiger partial charge in [-0.15, -0.1) is 0 Å². The zero-order valence-electron chi connectivity index (χ0n) is 12.9. The molecule has 0 bridgehead atoms. The number of nitrogens with one attached hydrogen (secondary N) is 1. The molecule has 1 aliphatic rings. The topological polar surface area (TPSA) is 65.0 Å². The number of rotatable bonds is 7. The lowest BCUT2D eigenvalue weighted by Gasteiger charge is -2.31. The van der Waals surface area contributed by atoms with Crippen LogP contribution < -0.4 is 10.1 Å². The zero-order chi connectivity index (χ0) is 15.2. The summed E-state index contributed by atoms with van der Waals surface area (Å²) in [7, 11) is 1.55. The molecular weight excluding hydrogens is 268 g/mol. The van der Waals surface area contributed by atoms with Crippen LogP contribution in [0.3, 0.4) is 0 Å². The monoisotopic (exact) mass is 294 g/mol. The largest absolute Gasteiger partial charge is 0.504 e. The molecule has 1 aromatic rings. The molecule has 5 heteroatoms. The molecule has 2 unspecified atom stereocenters. The zero-order valence-corrected chi connectivity index (χ0v) is 12.9. The Morgan fingerprint density at radius 1 is 1.48 bits per heavy atom. The molecule has 0 amide bonds. The highest BCUT2D eigenvalue weighted by Gasteiger charge is 2.22. The Bertz CT molecular complexity index is 447. The van der Waals surface area contributed by atoms with Gasteiger partial charge in [-0.3, -0.25) is 4.90 Å². The number of phenolic OH excluding ortho intramolecular Hbond substituents is 1. The molecule has 1 fully saturated rings. The molecule has 0 spiro atoms. The lowest BCUT2D eigenvalue weighted by molar-refractivity contribution is 0.147. The Balaban J connectivity index is 2.10. The molecule has 2 atom stereocenters. The number of ether oxygens (including phenoxy) is 1. The molecule has 0 aliphatic carbocycles. The van der Waals surface area contributed by atoms with Gasteiger partial charge in [0.25, 0.3) is 0 Å². The van der Waals surface area contributed by atoms with E-state index in [0.717, 1.165) is 18.7 Å². The molecule has 118 valence electrons. The van der Waals surface area contributed by atoms with E-state index < -0.39 is 0 Å². The minimum Gasteiger partial charge on any atom is -0.504 e. The number of phenols is 1. The average molecular weight is 294 g/mol. The maximum Gasteiger partial charge on any atom is 0.160 e. The lowest BCUT2D eigenvalue weighted by atomic mass is 10.0. The quantitative estimate of drug-likeness (QED) is 0.711. The van der Waals surface area contributed by atoms with Crippen molar-refractivity contribution in [3.05, 3.63) is 23.8 Å². The third kappa shape index (κ3) is 4.09. The minimum absolute atomic E-state index is 0.145. The van der Waals surface area contributed by atoms with Crippen molar-refractivity contribution in [1.82, 2.24) is 10.2 Å². The molecule has 1 aromatic carbocycles. The van der Waals surface area contributed by atoms with Crippen LogP contribution in [0.25, 0.3) is 0 Å². The fraction of sp³-hybridized carbons (Fsp3) is 0.625. The highest BCUT2D eigenvalue weighted by molar-refractivity contribution is 5.42. The van der Waals surface area contributed by atoms with Crippen LogP contribution in [0, 0.1) is 0 Å². The van der Waals surface area contributed by atoms with E-state index >= 15 is 0 Å². The first-order chi connectivity index (χ1) is 10.2. The van der Waals surface area contributed by atoms with Gasteiger partial charge in [0.1, 0.15) is 0 Å². The molecule has 21 heavy (non-hydrogen) atoms. The Labute approximate surface area is 126 Å². The van der Waals surface area contributed by atoms with Crippen molar-refractivity contribution >= 4 is 0 Å². The van der Waals surface area contributed by atoms with Crippen LogP contribution in [-0.4, -0.2) is 54.5 Å². The van der Waals surface area contributed by atoms with Crippen LogP contribution in [-0.2, 0) is 0 Å². The van der Waals surface area contributed by atoms with E-state index in [4.69, 9.17) is 4.74 Å². The first-order valence-electron chi connectivity index (χ1n) is 7.61. The van der Waals surface area contributed by atoms with E-state index in [1.165, 1.54) is 12.8 Å². The smallest absolute Gasteiger partial charge is 0.160 e. The fourth-order valence-corrected chi connectivity index (χ4v) is 2.93. The van der Waals surface area contributed by atoms with Crippen molar-refractivity contribution in [3.8, 4) is 11.5 Å². The highest BCUT2D eigenvalue weighted by Crippen LogP contribution is 2.31. The summed E-state index contributed by atoms with van der Waals surface area (Å²) in [6, 6.07) is 6.10. The van der Waals surface area contributed by atoms with Gasteiger partial charge < -0.3 is 20.3 Å². The second kappa shape index (κ2) is 7.64. The maximum absolute atomic E-state index is 9.70. The molecule has 0 saturated carbocycles. The second-order valence-electron chi connectivity index (χ2n) is 5.62. The molecule has 0 radical (unpaired) electrons. The second-order valence-corrected chi connectivity index (χ2v) is 5.62. The van der Waals surface area contributed by atoms with Crippen molar-refractivity contribution in [2.75, 3.05) is 33.4 Å². The van der Waals surface area contributed by atoms with Crippen molar-refractivity contribution in [2.45, 2.75) is 31.8 Å². The standard InChI is InChI=1S/C16H26N2O3/c1-12(13-5-6-15(20)16(10-13)21-2)18(8-9-19)11-14-4-3-7-17-14/h5-6,10,12,14,17,19-20H,3-4,7-9,11H2,1-2H3. The number of aromatic hydroxyl groups is 1. The normalized spacial score (nSPS) is 19.9. The molecule has 1 saturated heterocycles. The summed E-state index contributed by atoms with van der Waals surface area (Å²) in [4.78, 5) is 2.27. The Morgan fingerprint density at radius 3 is 2.90 bits per heavy atom. The minimum atomic E-state index is 0.145. The van der Waals surface area contributed by atoms with E-state index in [2.05, 4.69) is 17.1 Å². The first kappa shape index (κ1) is 16.1. The summed E-state index contributed by atoms with van der Waals surface area (Å²) in [6.07, 6.45) is 2.41. The fourth-order valence-electron chi connectivity index (χ4n) is 2.93. The van der Waals surface area contributed by atoms with Crippen LogP contribution in [0.15, 0.2) is 18.2 Å². The number of methoxy groups -OCH3 is 1. The number of nitrogens with zero attached hydrogens (tertiary/aromatic N) is 1. The predicted octanol–water partition coefficient (Wildman–Crippen LogP) is 1.51. The summed E-state index contributed by atoms with van der Waals surface area (Å²) in [5.41, 5.74) is 1.08. The molecular formula is C16H26N2O3. The summed E-state index contributed by atoms with van der Waals surface area (Å²) < 4.78 is 5.18. The van der Waals surface area contributed by atoms with Crippen LogP contribution in [0.1, 0.15) is 31.4 Å². The molecule has 1 heterocycles. The average Bonchev–Trinajstić information content (AvgIpc) is 2.99. The van der Waals surface area contributed by atoms with Gasteiger partial charge in [-0.25, -0.2) is 0 Å². The third-order valence-electron chi connectivity index (χ3n) is 4.24. The van der Waals surface area contributed by atoms with Crippen molar-refractivity contribution in [1.29, 1.82) is 0 Å². The predicted molar refractivity (Wildman–Crippen MR) is 82.8 cm³/mol. The Kier molecular flexibility index (Phi) is 5.85. The van der Waals surface area contributed by atoms with Gasteiger partial charge >= 0.3 is 0 Å². The molecule has 2 rings (SSSR count). The third-order valence-corrected chi connectivity index (χ3v) is 4.24. The van der Waals surface area contributed by atoms with Gasteiger partial charge in [-0.1, -0.05) is 6.07 Å². The van der Waals surface area contributed by atoms with Crippen molar-refractivity contribution in [2.24, 2.45) is 0 Å². The lowest BCUT2D eigenvalue weighted by Crippen LogP contribution is -2.40. The van der Waals surface area contributed by atoms with E-state index in [0.29, 0.717) is 18.3 Å². The van der Waals surface area contributed by atoms with Gasteiger partial charge in [-0.05, 0) is 44.0 Å². The van der Waals surface area contributed by atoms with E-state index in [1.807, 2.05) is 12.1 Å². The van der Waals surface area contributed by atoms with E-state index in [9.17, 15) is 10.2 Å². The maximum atomic E-state index is 9.70. The number of hydrogen-bond donors (Lipinski definition) is 3. The summed E-state index contributed by atoms with van der Waals surface area (Å²) in [5.74, 6) is 0.641. The number of aliphatic hydroxyl groups excluding tert-OH is 1. The van der Waals surface area contributed by atoms with Crippen LogP contribution in [0.2, 0.25) is 0 Å². The number of benzene rings is 1. The van der Waals surface area contributed by atoms with Gasteiger partial charge in [0.2, 0.25) is 0 Å². The molecule has 3 N–H and O–H groups in total. The molecule has 5 nitrogen and oxygen atoms in total. The van der Waals surface area contributed by atoms with Crippen molar-refractivity contribution < 1.29 is 14.9 Å². The van der Waals surface area contributed by atoms with Crippen LogP contribution >= 0.6 is 0 Å². The first-order valence-corrected chi connectivity index (χ1v) is 7.61. The molecule has 1 aliphatic heterocycles. The summed E-state index contributed by atoms with van der Waals surface area (Å²) in [6.45, 7) is 4.91. The van der Waals surface area contributed by atoms with Crippen molar-refractivity contribution in [3.63, 3.8) is 0 Å². The summed E-state index contributed by atoms with van der Waals surface area (Å²) in [5, 5.41) is 22.5. The van der Waals surface area contributed by atoms with E-state index in [1.54, 1.807) is 13.2 Å². The van der Waals surface area contributed by atoms with Gasteiger partial charge in [0.15, 0.2) is 11.5 Å². The Morgan fingerprint density at radius 2 is 2.29 bits per heavy atom. The number of hydrogen-bond acceptors (Lipinski definition) is 5. The van der Waals surface area contributed by atoms with E-state index in [-0.39, 0.29) is 18.4 Å². The van der Waals surface area contributed by atoms with Gasteiger partial charge in [0.05, 0.1) is 13.7 Å².